The van der Waals surface area contributed by atoms with Gasteiger partial charge in [0.2, 0.25) is 5.43 Å². The van der Waals surface area contributed by atoms with E-state index in [9.17, 15) is 9.90 Å². The van der Waals surface area contributed by atoms with Gasteiger partial charge < -0.3 is 20.3 Å². The highest BCUT2D eigenvalue weighted by molar-refractivity contribution is 6.35. The summed E-state index contributed by atoms with van der Waals surface area (Å²) < 4.78 is 1.86. The van der Waals surface area contributed by atoms with Crippen LogP contribution in [0.4, 0.5) is 5.69 Å². The number of anilines is 1. The van der Waals surface area contributed by atoms with Crippen molar-refractivity contribution in [2.45, 2.75) is 52.0 Å². The van der Waals surface area contributed by atoms with Crippen molar-refractivity contribution >= 4 is 40.6 Å². The van der Waals surface area contributed by atoms with Gasteiger partial charge in [-0.1, -0.05) is 49.4 Å². The molecule has 3 N–H and O–H groups in total. The highest BCUT2D eigenvalue weighted by Gasteiger charge is 2.10. The molecule has 0 spiro atoms. The highest BCUT2D eigenvalue weighted by atomic mass is 35.5. The molecule has 1 aromatic carbocycles. The number of aryl methyl sites for hydroxylation is 1. The monoisotopic (exact) mass is 492 g/mol. The van der Waals surface area contributed by atoms with Crippen molar-refractivity contribution in [3.8, 4) is 5.75 Å². The summed E-state index contributed by atoms with van der Waals surface area (Å²) in [5.74, 6) is -0.151. The molecule has 0 aliphatic rings. The van der Waals surface area contributed by atoms with Crippen molar-refractivity contribution in [3.63, 3.8) is 0 Å². The lowest BCUT2D eigenvalue weighted by Crippen LogP contribution is -2.21. The van der Waals surface area contributed by atoms with Crippen LogP contribution in [0.15, 0.2) is 41.3 Å². The molecule has 0 radical (unpaired) electrons. The molecule has 33 heavy (non-hydrogen) atoms. The van der Waals surface area contributed by atoms with Crippen molar-refractivity contribution in [1.29, 1.82) is 0 Å². The maximum Gasteiger partial charge on any atom is 0.223 e. The molecule has 0 saturated heterocycles. The van der Waals surface area contributed by atoms with E-state index in [2.05, 4.69) is 15.6 Å². The zero-order valence-electron chi connectivity index (χ0n) is 19.4. The third-order valence-electron chi connectivity index (χ3n) is 5.89. The van der Waals surface area contributed by atoms with Crippen LogP contribution in [0.5, 0.6) is 5.75 Å². The Bertz CT molecular complexity index is 1100. The smallest absolute Gasteiger partial charge is 0.223 e. The quantitative estimate of drug-likeness (QED) is 0.288. The van der Waals surface area contributed by atoms with E-state index in [0.29, 0.717) is 17.3 Å². The number of unbranched alkanes of at least 4 members (excludes halogenated alkanes) is 5. The van der Waals surface area contributed by atoms with Crippen LogP contribution in [0.3, 0.4) is 0 Å². The van der Waals surface area contributed by atoms with Crippen molar-refractivity contribution in [3.05, 3.63) is 63.2 Å². The summed E-state index contributed by atoms with van der Waals surface area (Å²) in [6, 6.07) is 9.33. The Morgan fingerprint density at radius 3 is 2.52 bits per heavy atom. The molecule has 8 heteroatoms. The molecule has 6 nitrogen and oxygen atoms in total. The van der Waals surface area contributed by atoms with Gasteiger partial charge in [-0.2, -0.15) is 0 Å². The van der Waals surface area contributed by atoms with Gasteiger partial charge in [0.1, 0.15) is 0 Å². The molecule has 2 aromatic heterocycles. The number of nitrogens with zero attached hydrogens (tertiary/aromatic N) is 2. The van der Waals surface area contributed by atoms with Crippen LogP contribution in [-0.2, 0) is 13.6 Å². The number of fused-ring (bicyclic) bond motifs is 1. The number of benzene rings is 1. The average Bonchev–Trinajstić information content (AvgIpc) is 2.78. The van der Waals surface area contributed by atoms with Gasteiger partial charge in [0.25, 0.3) is 0 Å². The van der Waals surface area contributed by atoms with Crippen LogP contribution < -0.4 is 16.1 Å². The molecule has 2 heterocycles. The van der Waals surface area contributed by atoms with Crippen molar-refractivity contribution in [2.75, 3.05) is 18.4 Å². The molecule has 0 bridgehead atoms. The minimum absolute atomic E-state index is 0. The molecule has 0 unspecified atom stereocenters. The van der Waals surface area contributed by atoms with E-state index in [1.165, 1.54) is 31.7 Å². The van der Waals surface area contributed by atoms with Gasteiger partial charge in [-0.3, -0.25) is 9.78 Å². The first-order chi connectivity index (χ1) is 15.5. The molecular weight excluding hydrogens is 459 g/mol. The fourth-order valence-electron chi connectivity index (χ4n) is 3.88. The van der Waals surface area contributed by atoms with Crippen molar-refractivity contribution in [1.82, 2.24) is 14.9 Å². The molecule has 0 amide bonds. The van der Waals surface area contributed by atoms with E-state index in [1.807, 2.05) is 42.8 Å². The minimum atomic E-state index is -0.312. The number of aromatic hydroxyl groups is 1. The first-order valence-electron chi connectivity index (χ1n) is 11.4. The summed E-state index contributed by atoms with van der Waals surface area (Å²) in [6.07, 6.45) is 8.81. The van der Waals surface area contributed by atoms with Crippen LogP contribution in [0.1, 0.15) is 49.9 Å². The lowest BCUT2D eigenvalue weighted by molar-refractivity contribution is 0.444. The molecule has 0 aliphatic carbocycles. The molecule has 0 aliphatic heterocycles. The van der Waals surface area contributed by atoms with Gasteiger partial charge in [0, 0.05) is 49.2 Å². The van der Waals surface area contributed by atoms with Gasteiger partial charge >= 0.3 is 0 Å². The van der Waals surface area contributed by atoms with E-state index < -0.39 is 0 Å². The van der Waals surface area contributed by atoms with Gasteiger partial charge in [-0.15, -0.1) is 12.4 Å². The Hall–Kier alpha value is -2.28. The SMILES string of the molecule is Cc1cc(=O)c(O)c(CNCCCCCCCCNc2ccnc3c(Cl)cccc23)n1C.Cl. The number of hydrogen-bond donors (Lipinski definition) is 3. The zero-order valence-corrected chi connectivity index (χ0v) is 20.9. The first-order valence-corrected chi connectivity index (χ1v) is 11.7. The average molecular weight is 493 g/mol. The fourth-order valence-corrected chi connectivity index (χ4v) is 4.10. The third kappa shape index (κ3) is 7.36. The highest BCUT2D eigenvalue weighted by Crippen LogP contribution is 2.27. The molecular formula is C25H34Cl2N4O2. The topological polar surface area (TPSA) is 79.2 Å². The molecule has 0 saturated carbocycles. The van der Waals surface area contributed by atoms with Crippen molar-refractivity contribution < 1.29 is 5.11 Å². The van der Waals surface area contributed by atoms with Gasteiger partial charge in [0.15, 0.2) is 5.75 Å². The number of rotatable bonds is 12. The summed E-state index contributed by atoms with van der Waals surface area (Å²) in [5.41, 5.74) is 3.10. The van der Waals surface area contributed by atoms with Gasteiger partial charge in [-0.05, 0) is 38.4 Å². The van der Waals surface area contributed by atoms with Crippen LogP contribution in [0.25, 0.3) is 10.9 Å². The normalized spacial score (nSPS) is 10.9. The molecule has 180 valence electrons. The second-order valence-electron chi connectivity index (χ2n) is 8.22. The Morgan fingerprint density at radius 2 is 1.76 bits per heavy atom. The predicted molar refractivity (Wildman–Crippen MR) is 140 cm³/mol. The summed E-state index contributed by atoms with van der Waals surface area (Å²) in [7, 11) is 1.87. The predicted octanol–water partition coefficient (Wildman–Crippen LogP) is 5.57. The van der Waals surface area contributed by atoms with Gasteiger partial charge in [0.05, 0.1) is 16.2 Å². The fraction of sp³-hybridized carbons (Fsp3) is 0.440. The van der Waals surface area contributed by atoms with Crippen molar-refractivity contribution in [2.24, 2.45) is 7.05 Å². The molecule has 3 rings (SSSR count). The zero-order chi connectivity index (χ0) is 22.9. The Balaban J connectivity index is 0.00000385. The Labute approximate surface area is 206 Å². The Morgan fingerprint density at radius 1 is 1.06 bits per heavy atom. The second kappa shape index (κ2) is 13.4. The number of halogens is 2. The molecule has 0 atom stereocenters. The number of aromatic nitrogens is 2. The van der Waals surface area contributed by atoms with Gasteiger partial charge in [-0.25, -0.2) is 0 Å². The number of nitrogens with one attached hydrogen (secondary N) is 2. The van der Waals surface area contributed by atoms with E-state index in [0.717, 1.165) is 48.2 Å². The van der Waals surface area contributed by atoms with E-state index in [1.54, 1.807) is 6.20 Å². The van der Waals surface area contributed by atoms with E-state index >= 15 is 0 Å². The third-order valence-corrected chi connectivity index (χ3v) is 6.20. The maximum atomic E-state index is 11.7. The van der Waals surface area contributed by atoms with Crippen LogP contribution in [-0.4, -0.2) is 27.7 Å². The largest absolute Gasteiger partial charge is 0.503 e. The second-order valence-corrected chi connectivity index (χ2v) is 8.63. The summed E-state index contributed by atoms with van der Waals surface area (Å²) >= 11 is 6.23. The summed E-state index contributed by atoms with van der Waals surface area (Å²) in [4.78, 5) is 16.1. The summed E-state index contributed by atoms with van der Waals surface area (Å²) in [6.45, 7) is 4.18. The molecule has 3 aromatic rings. The first kappa shape index (κ1) is 27.0. The number of pyridine rings is 2. The van der Waals surface area contributed by atoms with Crippen LogP contribution in [0.2, 0.25) is 5.02 Å². The van der Waals surface area contributed by atoms with Crippen LogP contribution >= 0.6 is 24.0 Å². The van der Waals surface area contributed by atoms with E-state index in [4.69, 9.17) is 11.6 Å². The van der Waals surface area contributed by atoms with E-state index in [-0.39, 0.29) is 23.6 Å². The number of para-hydroxylation sites is 1. The summed E-state index contributed by atoms with van der Waals surface area (Å²) in [5, 5.41) is 18.6. The molecule has 0 fully saturated rings. The Kier molecular flexibility index (Phi) is 11.0. The lowest BCUT2D eigenvalue weighted by Gasteiger charge is -2.14. The maximum absolute atomic E-state index is 11.7. The standard InChI is InChI=1S/C25H33ClN4O2.ClH/c1-18-16-23(31)25(32)22(30(18)2)17-27-13-7-5-3-4-6-8-14-28-21-12-15-29-24-19(21)10-9-11-20(24)26;/h9-12,15-16,27,32H,3-8,13-14,17H2,1-2H3,(H,28,29);1H. The minimum Gasteiger partial charge on any atom is -0.503 e. The number of hydrogen-bond acceptors (Lipinski definition) is 5. The lowest BCUT2D eigenvalue weighted by atomic mass is 10.1. The van der Waals surface area contributed by atoms with Crippen LogP contribution in [0, 0.1) is 6.92 Å².